The van der Waals surface area contributed by atoms with Crippen molar-refractivity contribution in [1.29, 1.82) is 5.26 Å². The van der Waals surface area contributed by atoms with Crippen LogP contribution >= 0.6 is 15.9 Å². The Morgan fingerprint density at radius 3 is 2.94 bits per heavy atom. The van der Waals surface area contributed by atoms with Crippen molar-refractivity contribution in [2.75, 3.05) is 18.9 Å². The number of hydrogen-bond donors (Lipinski definition) is 1. The van der Waals surface area contributed by atoms with Crippen LogP contribution in [0.2, 0.25) is 0 Å². The molecule has 1 aliphatic rings. The number of hydrogen-bond acceptors (Lipinski definition) is 3. The first-order chi connectivity index (χ1) is 8.61. The maximum absolute atomic E-state index is 11.8. The normalized spacial score (nSPS) is 13.8. The molecular weight excluding hydrogens is 294 g/mol. The zero-order chi connectivity index (χ0) is 13.1. The summed E-state index contributed by atoms with van der Waals surface area (Å²) in [5, 5.41) is 12.0. The number of amides is 1. The predicted molar refractivity (Wildman–Crippen MR) is 73.1 cm³/mol. The number of carbonyl (C=O) groups excluding carboxylic acids is 1. The van der Waals surface area contributed by atoms with Crippen LogP contribution in [0, 0.1) is 11.3 Å². The third-order valence-corrected chi connectivity index (χ3v) is 3.51. The molecule has 2 rings (SSSR count). The zero-order valence-electron chi connectivity index (χ0n) is 10.1. The molecule has 1 aromatic carbocycles. The summed E-state index contributed by atoms with van der Waals surface area (Å²) in [5.74, 6) is 0.0595. The fourth-order valence-electron chi connectivity index (χ4n) is 1.72. The van der Waals surface area contributed by atoms with Gasteiger partial charge in [0.05, 0.1) is 17.8 Å². The van der Waals surface area contributed by atoms with E-state index in [0.717, 1.165) is 17.3 Å². The molecule has 0 aromatic heterocycles. The van der Waals surface area contributed by atoms with Gasteiger partial charge in [-0.2, -0.15) is 5.26 Å². The first-order valence-corrected chi connectivity index (χ1v) is 6.60. The van der Waals surface area contributed by atoms with E-state index in [1.54, 1.807) is 17.0 Å². The fraction of sp³-hybridized carbons (Fsp3) is 0.385. The van der Waals surface area contributed by atoms with Gasteiger partial charge in [-0.25, -0.2) is 0 Å². The summed E-state index contributed by atoms with van der Waals surface area (Å²) in [6.07, 6.45) is 2.20. The average Bonchev–Trinajstić information content (AvgIpc) is 3.20. The molecule has 0 atom stereocenters. The van der Waals surface area contributed by atoms with Crippen LogP contribution in [0.5, 0.6) is 0 Å². The van der Waals surface area contributed by atoms with Crippen LogP contribution in [0.1, 0.15) is 18.4 Å². The summed E-state index contributed by atoms with van der Waals surface area (Å²) in [4.78, 5) is 13.6. The Labute approximate surface area is 115 Å². The van der Waals surface area contributed by atoms with Crippen molar-refractivity contribution < 1.29 is 4.79 Å². The molecule has 18 heavy (non-hydrogen) atoms. The molecule has 1 amide bonds. The van der Waals surface area contributed by atoms with Gasteiger partial charge in [0.2, 0.25) is 5.91 Å². The quantitative estimate of drug-likeness (QED) is 0.929. The lowest BCUT2D eigenvalue weighted by Crippen LogP contribution is -2.33. The minimum Gasteiger partial charge on any atom is -0.375 e. The van der Waals surface area contributed by atoms with Crippen molar-refractivity contribution in [2.45, 2.75) is 18.9 Å². The second-order valence-corrected chi connectivity index (χ2v) is 5.31. The van der Waals surface area contributed by atoms with Crippen LogP contribution in [-0.4, -0.2) is 30.4 Å². The Morgan fingerprint density at radius 1 is 1.61 bits per heavy atom. The average molecular weight is 308 g/mol. The number of rotatable bonds is 4. The lowest BCUT2D eigenvalue weighted by atomic mass is 10.2. The summed E-state index contributed by atoms with van der Waals surface area (Å²) in [5.41, 5.74) is 1.23. The number of carbonyl (C=O) groups is 1. The minimum atomic E-state index is 0.0595. The number of anilines is 1. The SMILES string of the molecule is CN(C(=O)CNc1ccc(Br)cc1C#N)C1CC1. The molecule has 1 aromatic rings. The van der Waals surface area contributed by atoms with E-state index in [4.69, 9.17) is 5.26 Å². The maximum Gasteiger partial charge on any atom is 0.241 e. The van der Waals surface area contributed by atoms with Crippen molar-refractivity contribution in [2.24, 2.45) is 0 Å². The van der Waals surface area contributed by atoms with Gasteiger partial charge in [-0.15, -0.1) is 0 Å². The van der Waals surface area contributed by atoms with Crippen LogP contribution in [0.3, 0.4) is 0 Å². The molecule has 1 aliphatic carbocycles. The number of likely N-dealkylation sites (N-methyl/N-ethyl adjacent to an activating group) is 1. The van der Waals surface area contributed by atoms with Crippen LogP contribution in [-0.2, 0) is 4.79 Å². The summed E-state index contributed by atoms with van der Waals surface area (Å²) in [6.45, 7) is 0.226. The van der Waals surface area contributed by atoms with Gasteiger partial charge in [0.15, 0.2) is 0 Å². The van der Waals surface area contributed by atoms with Crippen molar-refractivity contribution in [1.82, 2.24) is 4.90 Å². The van der Waals surface area contributed by atoms with Gasteiger partial charge in [0.25, 0.3) is 0 Å². The van der Waals surface area contributed by atoms with Gasteiger partial charge in [-0.1, -0.05) is 15.9 Å². The van der Waals surface area contributed by atoms with Gasteiger partial charge in [0.1, 0.15) is 6.07 Å². The first-order valence-electron chi connectivity index (χ1n) is 5.81. The van der Waals surface area contributed by atoms with Gasteiger partial charge in [-0.3, -0.25) is 4.79 Å². The van der Waals surface area contributed by atoms with Crippen molar-refractivity contribution >= 4 is 27.5 Å². The van der Waals surface area contributed by atoms with Crippen LogP contribution in [0.25, 0.3) is 0 Å². The van der Waals surface area contributed by atoms with Crippen LogP contribution in [0.4, 0.5) is 5.69 Å². The highest BCUT2D eigenvalue weighted by Crippen LogP contribution is 2.25. The van der Waals surface area contributed by atoms with E-state index in [1.165, 1.54) is 0 Å². The molecular formula is C13H14BrN3O. The highest BCUT2D eigenvalue weighted by molar-refractivity contribution is 9.10. The third kappa shape index (κ3) is 3.02. The number of nitrogens with one attached hydrogen (secondary N) is 1. The van der Waals surface area contributed by atoms with Crippen molar-refractivity contribution in [3.05, 3.63) is 28.2 Å². The van der Waals surface area contributed by atoms with Crippen LogP contribution < -0.4 is 5.32 Å². The molecule has 0 bridgehead atoms. The number of nitriles is 1. The molecule has 0 saturated heterocycles. The molecule has 0 spiro atoms. The standard InChI is InChI=1S/C13H14BrN3O/c1-17(11-3-4-11)13(18)8-16-12-5-2-10(14)6-9(12)7-15/h2,5-6,11,16H,3-4,8H2,1H3. The Morgan fingerprint density at radius 2 is 2.33 bits per heavy atom. The smallest absolute Gasteiger partial charge is 0.241 e. The minimum absolute atomic E-state index is 0.0595. The Kier molecular flexibility index (Phi) is 3.87. The van der Waals surface area contributed by atoms with E-state index in [0.29, 0.717) is 17.3 Å². The van der Waals surface area contributed by atoms with Gasteiger partial charge >= 0.3 is 0 Å². The van der Waals surface area contributed by atoms with Gasteiger partial charge in [0, 0.05) is 17.6 Å². The molecule has 0 radical (unpaired) electrons. The summed E-state index contributed by atoms with van der Waals surface area (Å²) < 4.78 is 0.853. The third-order valence-electron chi connectivity index (χ3n) is 3.02. The number of benzene rings is 1. The monoisotopic (exact) mass is 307 g/mol. The predicted octanol–water partition coefficient (Wildman–Crippen LogP) is 2.35. The molecule has 0 unspecified atom stereocenters. The largest absolute Gasteiger partial charge is 0.375 e. The van der Waals surface area contributed by atoms with E-state index in [-0.39, 0.29) is 12.5 Å². The second-order valence-electron chi connectivity index (χ2n) is 4.39. The topological polar surface area (TPSA) is 56.1 Å². The van der Waals surface area contributed by atoms with Crippen molar-refractivity contribution in [3.8, 4) is 6.07 Å². The summed E-state index contributed by atoms with van der Waals surface area (Å²) in [7, 11) is 1.83. The molecule has 1 fully saturated rings. The summed E-state index contributed by atoms with van der Waals surface area (Å²) in [6, 6.07) is 7.90. The molecule has 0 heterocycles. The molecule has 1 saturated carbocycles. The maximum atomic E-state index is 11.8. The fourth-order valence-corrected chi connectivity index (χ4v) is 2.09. The second kappa shape index (κ2) is 5.40. The zero-order valence-corrected chi connectivity index (χ0v) is 11.7. The molecule has 1 N–H and O–H groups in total. The first kappa shape index (κ1) is 12.9. The van der Waals surface area contributed by atoms with Gasteiger partial charge < -0.3 is 10.2 Å². The molecule has 0 aliphatic heterocycles. The van der Waals surface area contributed by atoms with E-state index in [1.807, 2.05) is 13.1 Å². The van der Waals surface area contributed by atoms with Crippen LogP contribution in [0.15, 0.2) is 22.7 Å². The molecule has 94 valence electrons. The Hall–Kier alpha value is -1.54. The highest BCUT2D eigenvalue weighted by atomic mass is 79.9. The number of halogens is 1. The van der Waals surface area contributed by atoms with Gasteiger partial charge in [-0.05, 0) is 31.0 Å². The highest BCUT2D eigenvalue weighted by Gasteiger charge is 2.29. The lowest BCUT2D eigenvalue weighted by molar-refractivity contribution is -0.128. The summed E-state index contributed by atoms with van der Waals surface area (Å²) >= 11 is 3.31. The lowest BCUT2D eigenvalue weighted by Gasteiger charge is -2.17. The Balaban J connectivity index is 1.97. The number of nitrogens with zero attached hydrogens (tertiary/aromatic N) is 2. The van der Waals surface area contributed by atoms with E-state index >= 15 is 0 Å². The molecule has 5 heteroatoms. The van der Waals surface area contributed by atoms with E-state index < -0.39 is 0 Å². The van der Waals surface area contributed by atoms with Crippen molar-refractivity contribution in [3.63, 3.8) is 0 Å². The molecule has 4 nitrogen and oxygen atoms in total. The van der Waals surface area contributed by atoms with E-state index in [2.05, 4.69) is 27.3 Å². The Bertz CT molecular complexity index is 505. The van der Waals surface area contributed by atoms with E-state index in [9.17, 15) is 4.79 Å².